The fraction of sp³-hybridized carbons (Fsp3) is 0.400. The van der Waals surface area contributed by atoms with E-state index in [1.54, 1.807) is 17.8 Å². The van der Waals surface area contributed by atoms with Crippen LogP contribution in [0.4, 0.5) is 13.2 Å². The molecule has 2 aromatic rings. The van der Waals surface area contributed by atoms with Crippen molar-refractivity contribution in [3.8, 4) is 5.75 Å². The first-order valence-corrected chi connectivity index (χ1v) is 9.19. The van der Waals surface area contributed by atoms with Crippen molar-refractivity contribution in [2.75, 3.05) is 19.6 Å². The number of aromatic nitrogens is 2. The first kappa shape index (κ1) is 21.5. The van der Waals surface area contributed by atoms with Crippen LogP contribution in [-0.4, -0.2) is 48.3 Å². The molecule has 0 aliphatic carbocycles. The largest absolute Gasteiger partial charge is 0.573 e. The van der Waals surface area contributed by atoms with Crippen LogP contribution in [0.3, 0.4) is 0 Å². The Morgan fingerprint density at radius 3 is 2.63 bits per heavy atom. The van der Waals surface area contributed by atoms with E-state index < -0.39 is 33.1 Å². The minimum atomic E-state index is -4.99. The Kier molecular flexibility index (Phi) is 6.40. The molecule has 1 N–H and O–H groups in total. The predicted octanol–water partition coefficient (Wildman–Crippen LogP) is 2.08. The van der Waals surface area contributed by atoms with Crippen molar-refractivity contribution in [3.63, 3.8) is 0 Å². The van der Waals surface area contributed by atoms with Gasteiger partial charge in [-0.05, 0) is 12.1 Å². The summed E-state index contributed by atoms with van der Waals surface area (Å²) in [5.41, 5.74) is 0. The number of piperazine rings is 1. The molecule has 0 amide bonds. The highest BCUT2D eigenvalue weighted by molar-refractivity contribution is 7.89. The normalized spacial score (nSPS) is 18.7. The quantitative estimate of drug-likeness (QED) is 0.810. The molecule has 1 aliphatic rings. The molecule has 150 valence electrons. The van der Waals surface area contributed by atoms with E-state index in [9.17, 15) is 21.6 Å². The van der Waals surface area contributed by atoms with Crippen LogP contribution >= 0.6 is 12.4 Å². The third kappa shape index (κ3) is 4.54. The number of nitrogens with zero attached hydrogens (tertiary/aromatic N) is 3. The Labute approximate surface area is 160 Å². The second kappa shape index (κ2) is 8.05. The van der Waals surface area contributed by atoms with Gasteiger partial charge in [0, 0.05) is 39.1 Å². The van der Waals surface area contributed by atoms with Crippen LogP contribution < -0.4 is 10.1 Å². The fourth-order valence-corrected chi connectivity index (χ4v) is 4.59. The summed E-state index contributed by atoms with van der Waals surface area (Å²) in [6.07, 6.45) is -1.78. The fourth-order valence-electron chi connectivity index (χ4n) is 2.89. The van der Waals surface area contributed by atoms with Crippen molar-refractivity contribution >= 4 is 22.4 Å². The molecule has 1 unspecified atom stereocenters. The van der Waals surface area contributed by atoms with Crippen molar-refractivity contribution in [1.29, 1.82) is 0 Å². The van der Waals surface area contributed by atoms with Gasteiger partial charge in [0.1, 0.15) is 16.5 Å². The maximum absolute atomic E-state index is 13.1. The van der Waals surface area contributed by atoms with Crippen molar-refractivity contribution in [2.45, 2.75) is 17.3 Å². The zero-order chi connectivity index (χ0) is 18.9. The molecular weight excluding hydrogens is 409 g/mol. The van der Waals surface area contributed by atoms with Crippen LogP contribution in [-0.2, 0) is 17.1 Å². The number of sulfonamides is 1. The summed E-state index contributed by atoms with van der Waals surface area (Å²) in [5.74, 6) is -0.257. The molecule has 1 saturated heterocycles. The Morgan fingerprint density at radius 2 is 2.00 bits per heavy atom. The number of imidazole rings is 1. The van der Waals surface area contributed by atoms with Crippen molar-refractivity contribution in [2.24, 2.45) is 7.05 Å². The Morgan fingerprint density at radius 1 is 1.30 bits per heavy atom. The standard InChI is InChI=1S/C15H17F3N4O3S.ClH/c1-21-8-7-20-14(21)11-10-19-6-9-22(11)26(23,24)13-5-3-2-4-12(13)25-15(16,17)18;/h2-5,7-8,11,19H,6,9-10H2,1H3;1H. The average molecular weight is 427 g/mol. The van der Waals surface area contributed by atoms with Crippen molar-refractivity contribution < 1.29 is 26.3 Å². The van der Waals surface area contributed by atoms with Crippen LogP contribution in [0.25, 0.3) is 0 Å². The van der Waals surface area contributed by atoms with E-state index >= 15 is 0 Å². The highest BCUT2D eigenvalue weighted by Gasteiger charge is 2.40. The number of para-hydroxylation sites is 1. The Bertz CT molecular complexity index is 888. The number of hydrogen-bond donors (Lipinski definition) is 1. The van der Waals surface area contributed by atoms with Gasteiger partial charge < -0.3 is 14.6 Å². The molecule has 0 radical (unpaired) electrons. The monoisotopic (exact) mass is 426 g/mol. The lowest BCUT2D eigenvalue weighted by Crippen LogP contribution is -2.49. The number of benzene rings is 1. The van der Waals surface area contributed by atoms with Crippen LogP contribution in [0, 0.1) is 0 Å². The number of nitrogens with one attached hydrogen (secondary N) is 1. The van der Waals surface area contributed by atoms with Gasteiger partial charge in [0.05, 0.1) is 6.04 Å². The van der Waals surface area contributed by atoms with Crippen LogP contribution in [0.2, 0.25) is 0 Å². The number of aryl methyl sites for hydroxylation is 1. The summed E-state index contributed by atoms with van der Waals surface area (Å²) in [6, 6.07) is 4.08. The summed E-state index contributed by atoms with van der Waals surface area (Å²) in [7, 11) is -2.52. The third-order valence-corrected chi connectivity index (χ3v) is 5.96. The van der Waals surface area contributed by atoms with Crippen molar-refractivity contribution in [3.05, 3.63) is 42.5 Å². The molecule has 2 heterocycles. The van der Waals surface area contributed by atoms with Gasteiger partial charge in [-0.1, -0.05) is 12.1 Å². The molecule has 12 heteroatoms. The molecule has 1 aromatic carbocycles. The summed E-state index contributed by atoms with van der Waals surface area (Å²) >= 11 is 0. The smallest absolute Gasteiger partial charge is 0.404 e. The van der Waals surface area contributed by atoms with Gasteiger partial charge in [-0.15, -0.1) is 25.6 Å². The van der Waals surface area contributed by atoms with Gasteiger partial charge in [-0.3, -0.25) is 0 Å². The van der Waals surface area contributed by atoms with E-state index in [4.69, 9.17) is 0 Å². The van der Waals surface area contributed by atoms with E-state index in [1.165, 1.54) is 18.3 Å². The number of hydrogen-bond acceptors (Lipinski definition) is 5. The zero-order valence-electron chi connectivity index (χ0n) is 14.2. The molecule has 0 saturated carbocycles. The lowest BCUT2D eigenvalue weighted by Gasteiger charge is -2.35. The topological polar surface area (TPSA) is 76.5 Å². The van der Waals surface area contributed by atoms with E-state index in [-0.39, 0.29) is 19.0 Å². The summed E-state index contributed by atoms with van der Waals surface area (Å²) in [4.78, 5) is 3.66. The summed E-state index contributed by atoms with van der Waals surface area (Å²) in [5, 5.41) is 3.09. The molecule has 1 fully saturated rings. The first-order chi connectivity index (χ1) is 12.2. The molecule has 1 aromatic heterocycles. The van der Waals surface area contributed by atoms with Crippen LogP contribution in [0.5, 0.6) is 5.75 Å². The van der Waals surface area contributed by atoms with Gasteiger partial charge in [-0.25, -0.2) is 13.4 Å². The second-order valence-electron chi connectivity index (χ2n) is 5.73. The SMILES string of the molecule is Cl.Cn1ccnc1C1CNCCN1S(=O)(=O)c1ccccc1OC(F)(F)F. The molecule has 1 aliphatic heterocycles. The predicted molar refractivity (Wildman–Crippen MR) is 93.1 cm³/mol. The molecule has 3 rings (SSSR count). The van der Waals surface area contributed by atoms with Crippen LogP contribution in [0.1, 0.15) is 11.9 Å². The van der Waals surface area contributed by atoms with E-state index in [2.05, 4.69) is 15.0 Å². The number of halogens is 4. The summed E-state index contributed by atoms with van der Waals surface area (Å²) < 4.78 is 71.0. The second-order valence-corrected chi connectivity index (χ2v) is 7.59. The minimum absolute atomic E-state index is 0. The third-order valence-electron chi connectivity index (χ3n) is 4.01. The van der Waals surface area contributed by atoms with Crippen molar-refractivity contribution in [1.82, 2.24) is 19.2 Å². The Balaban J connectivity index is 0.00000261. The first-order valence-electron chi connectivity index (χ1n) is 7.75. The zero-order valence-corrected chi connectivity index (χ0v) is 15.8. The van der Waals surface area contributed by atoms with Gasteiger partial charge in [0.15, 0.2) is 0 Å². The van der Waals surface area contributed by atoms with Gasteiger partial charge in [0.2, 0.25) is 10.0 Å². The van der Waals surface area contributed by atoms with E-state index in [0.29, 0.717) is 18.9 Å². The maximum Gasteiger partial charge on any atom is 0.573 e. The Hall–Kier alpha value is -1.82. The average Bonchev–Trinajstić information content (AvgIpc) is 2.99. The lowest BCUT2D eigenvalue weighted by molar-refractivity contribution is -0.275. The molecule has 0 spiro atoms. The minimum Gasteiger partial charge on any atom is -0.404 e. The number of alkyl halides is 3. The highest BCUT2D eigenvalue weighted by atomic mass is 35.5. The molecule has 1 atom stereocenters. The van der Waals surface area contributed by atoms with E-state index in [1.807, 2.05) is 0 Å². The van der Waals surface area contributed by atoms with Gasteiger partial charge in [0.25, 0.3) is 0 Å². The van der Waals surface area contributed by atoms with E-state index in [0.717, 1.165) is 16.4 Å². The number of ether oxygens (including phenoxy) is 1. The lowest BCUT2D eigenvalue weighted by atomic mass is 10.2. The summed E-state index contributed by atoms with van der Waals surface area (Å²) in [6.45, 7) is 0.773. The molecule has 7 nitrogen and oxygen atoms in total. The number of rotatable bonds is 4. The van der Waals surface area contributed by atoms with Gasteiger partial charge >= 0.3 is 6.36 Å². The molecule has 0 bridgehead atoms. The van der Waals surface area contributed by atoms with Crippen LogP contribution in [0.15, 0.2) is 41.6 Å². The maximum atomic E-state index is 13.1. The van der Waals surface area contributed by atoms with Gasteiger partial charge in [-0.2, -0.15) is 4.31 Å². The highest BCUT2D eigenvalue weighted by Crippen LogP contribution is 2.34. The molecular formula is C15H18ClF3N4O3S. The molecule has 27 heavy (non-hydrogen) atoms.